The van der Waals surface area contributed by atoms with E-state index in [-0.39, 0.29) is 34.6 Å². The lowest BCUT2D eigenvalue weighted by atomic mass is 9.70. The van der Waals surface area contributed by atoms with Gasteiger partial charge in [-0.3, -0.25) is 14.3 Å². The zero-order valence-corrected chi connectivity index (χ0v) is 20.7. The minimum Gasteiger partial charge on any atom is -0.468 e. The quantitative estimate of drug-likeness (QED) is 0.571. The minimum atomic E-state index is -4.18. The highest BCUT2D eigenvalue weighted by atomic mass is 32.2. The third-order valence-corrected chi connectivity index (χ3v) is 11.4. The molecule has 3 aliphatic rings. The number of methoxy groups -OCH3 is 1. The second-order valence-corrected chi connectivity index (χ2v) is 13.4. The van der Waals surface area contributed by atoms with E-state index in [0.717, 1.165) is 10.7 Å². The number of anilines is 1. The van der Waals surface area contributed by atoms with Crippen LogP contribution < -0.4 is 4.72 Å². The van der Waals surface area contributed by atoms with Crippen molar-refractivity contribution in [2.24, 2.45) is 16.7 Å². The van der Waals surface area contributed by atoms with Crippen molar-refractivity contribution in [2.75, 3.05) is 24.1 Å². The molecule has 1 aromatic rings. The van der Waals surface area contributed by atoms with E-state index < -0.39 is 42.9 Å². The van der Waals surface area contributed by atoms with E-state index in [0.29, 0.717) is 25.7 Å². The molecule has 11 heteroatoms. The summed E-state index contributed by atoms with van der Waals surface area (Å²) in [6, 6.07) is 4.78. The van der Waals surface area contributed by atoms with Gasteiger partial charge in [0.15, 0.2) is 0 Å². The van der Waals surface area contributed by atoms with E-state index in [1.165, 1.54) is 31.4 Å². The van der Waals surface area contributed by atoms with Gasteiger partial charge in [0, 0.05) is 13.0 Å². The van der Waals surface area contributed by atoms with E-state index in [2.05, 4.69) is 4.72 Å². The van der Waals surface area contributed by atoms with E-state index in [9.17, 15) is 26.4 Å². The summed E-state index contributed by atoms with van der Waals surface area (Å²) in [5.41, 5.74) is -1.50. The van der Waals surface area contributed by atoms with Crippen molar-refractivity contribution in [1.82, 2.24) is 4.31 Å². The Morgan fingerprint density at radius 1 is 1.18 bits per heavy atom. The highest BCUT2D eigenvalue weighted by Gasteiger charge is 2.65. The third kappa shape index (κ3) is 3.77. The zero-order chi connectivity index (χ0) is 24.2. The van der Waals surface area contributed by atoms with Crippen molar-refractivity contribution in [1.29, 1.82) is 0 Å². The standard InChI is InChI=1S/C22H30N2O7S2/c1-21(2)15-10-11-22(21,19(25)13-15)14-32(27,28)23-16-7-4-5-9-18(16)33(29,30)24-12-6-8-17(24)20(26)31-3/h4-5,7,9,15,17,23H,6,8,10-14H2,1-3H3/t15-,17-,22-/m1/s1. The number of fused-ring (bicyclic) bond motifs is 2. The van der Waals surface area contributed by atoms with Crippen LogP contribution in [0.1, 0.15) is 46.0 Å². The van der Waals surface area contributed by atoms with Gasteiger partial charge in [-0.2, -0.15) is 4.31 Å². The van der Waals surface area contributed by atoms with Crippen LogP contribution in [0.3, 0.4) is 0 Å². The monoisotopic (exact) mass is 498 g/mol. The van der Waals surface area contributed by atoms with E-state index >= 15 is 0 Å². The lowest BCUT2D eigenvalue weighted by Crippen LogP contribution is -2.44. The Hall–Kier alpha value is -1.98. The zero-order valence-electron chi connectivity index (χ0n) is 19.0. The number of hydrogen-bond acceptors (Lipinski definition) is 7. The van der Waals surface area contributed by atoms with Crippen LogP contribution in [0, 0.1) is 16.7 Å². The minimum absolute atomic E-state index is 0.0342. The van der Waals surface area contributed by atoms with Gasteiger partial charge in [-0.25, -0.2) is 16.8 Å². The molecule has 0 spiro atoms. The number of benzene rings is 1. The van der Waals surface area contributed by atoms with Gasteiger partial charge >= 0.3 is 5.97 Å². The van der Waals surface area contributed by atoms with Gasteiger partial charge in [0.2, 0.25) is 20.0 Å². The van der Waals surface area contributed by atoms with E-state index in [1.54, 1.807) is 0 Å². The van der Waals surface area contributed by atoms with Crippen molar-refractivity contribution in [3.8, 4) is 0 Å². The van der Waals surface area contributed by atoms with Gasteiger partial charge in [0.05, 0.1) is 24.0 Å². The predicted octanol–water partition coefficient (Wildman–Crippen LogP) is 2.15. The number of carbonyl (C=O) groups is 2. The Labute approximate surface area is 195 Å². The molecule has 2 aliphatic carbocycles. The molecule has 1 aliphatic heterocycles. The SMILES string of the molecule is COC(=O)[C@H]1CCCN1S(=O)(=O)c1ccccc1NS(=O)(=O)C[C@]12CC[C@H](CC1=O)C2(C)C. The molecular weight excluding hydrogens is 468 g/mol. The van der Waals surface area contributed by atoms with E-state index in [1.807, 2.05) is 13.8 Å². The average molecular weight is 499 g/mol. The maximum atomic E-state index is 13.4. The first-order chi connectivity index (χ1) is 15.4. The summed E-state index contributed by atoms with van der Waals surface area (Å²) < 4.78 is 61.6. The average Bonchev–Trinajstić information content (AvgIpc) is 3.37. The lowest BCUT2D eigenvalue weighted by Gasteiger charge is -2.36. The van der Waals surface area contributed by atoms with Crippen LogP contribution in [0.5, 0.6) is 0 Å². The molecule has 0 unspecified atom stereocenters. The molecule has 0 amide bonds. The first kappa shape index (κ1) is 24.2. The summed E-state index contributed by atoms with van der Waals surface area (Å²) in [7, 11) is -7.03. The molecule has 9 nitrogen and oxygen atoms in total. The van der Waals surface area contributed by atoms with Crippen LogP contribution in [0.15, 0.2) is 29.2 Å². The number of rotatable bonds is 7. The van der Waals surface area contributed by atoms with Gasteiger partial charge in [0.25, 0.3) is 0 Å². The summed E-state index contributed by atoms with van der Waals surface area (Å²) in [6.07, 6.45) is 2.54. The summed E-state index contributed by atoms with van der Waals surface area (Å²) >= 11 is 0. The number of carbonyl (C=O) groups excluding carboxylic acids is 2. The summed E-state index contributed by atoms with van der Waals surface area (Å²) in [5.74, 6) is -0.900. The van der Waals surface area contributed by atoms with Crippen molar-refractivity contribution in [3.05, 3.63) is 24.3 Å². The fourth-order valence-corrected chi connectivity index (χ4v) is 9.71. The molecule has 4 rings (SSSR count). The van der Waals surface area contributed by atoms with Crippen LogP contribution in [0.25, 0.3) is 0 Å². The number of nitrogens with zero attached hydrogens (tertiary/aromatic N) is 1. The molecule has 1 saturated heterocycles. The number of ether oxygens (including phenoxy) is 1. The highest BCUT2D eigenvalue weighted by molar-refractivity contribution is 7.93. The number of sulfonamides is 2. The van der Waals surface area contributed by atoms with Crippen LogP contribution in [0.4, 0.5) is 5.69 Å². The van der Waals surface area contributed by atoms with Crippen LogP contribution >= 0.6 is 0 Å². The molecule has 1 N–H and O–H groups in total. The van der Waals surface area contributed by atoms with Crippen molar-refractivity contribution < 1.29 is 31.2 Å². The van der Waals surface area contributed by atoms with Gasteiger partial charge in [-0.1, -0.05) is 26.0 Å². The predicted molar refractivity (Wildman–Crippen MR) is 121 cm³/mol. The second-order valence-electron chi connectivity index (χ2n) is 9.82. The third-order valence-electron chi connectivity index (χ3n) is 7.99. The van der Waals surface area contributed by atoms with Gasteiger partial charge in [-0.05, 0) is 49.1 Å². The Bertz CT molecular complexity index is 1190. The largest absolute Gasteiger partial charge is 0.468 e. The highest BCUT2D eigenvalue weighted by Crippen LogP contribution is 2.64. The number of Topliss-reactive ketones (excluding diaryl/α,β-unsaturated/α-hetero) is 1. The normalized spacial score (nSPS) is 29.4. The van der Waals surface area contributed by atoms with Crippen molar-refractivity contribution in [3.63, 3.8) is 0 Å². The molecule has 0 aromatic heterocycles. The number of ketones is 1. The Balaban J connectivity index is 1.65. The Morgan fingerprint density at radius 2 is 1.88 bits per heavy atom. The molecular formula is C22H30N2O7S2. The second kappa shape index (κ2) is 8.06. The molecule has 182 valence electrons. The molecule has 0 radical (unpaired) electrons. The van der Waals surface area contributed by atoms with Gasteiger partial charge < -0.3 is 4.74 Å². The Morgan fingerprint density at radius 3 is 2.48 bits per heavy atom. The first-order valence-corrected chi connectivity index (χ1v) is 14.2. The molecule has 1 heterocycles. The molecule has 2 saturated carbocycles. The van der Waals surface area contributed by atoms with Crippen molar-refractivity contribution >= 4 is 37.5 Å². The molecule has 1 aromatic carbocycles. The van der Waals surface area contributed by atoms with Crippen LogP contribution in [-0.2, 0) is 34.4 Å². The van der Waals surface area contributed by atoms with Gasteiger partial charge in [0.1, 0.15) is 16.7 Å². The Kier molecular flexibility index (Phi) is 5.90. The summed E-state index contributed by atoms with van der Waals surface area (Å²) in [5, 5.41) is 0. The molecule has 3 fully saturated rings. The fourth-order valence-electron chi connectivity index (χ4n) is 5.94. The number of nitrogens with one attached hydrogen (secondary N) is 1. The topological polar surface area (TPSA) is 127 Å². The van der Waals surface area contributed by atoms with E-state index in [4.69, 9.17) is 4.74 Å². The van der Waals surface area contributed by atoms with Crippen molar-refractivity contribution in [2.45, 2.75) is 56.9 Å². The molecule has 2 bridgehead atoms. The summed E-state index contributed by atoms with van der Waals surface area (Å²) in [4.78, 5) is 24.7. The number of hydrogen-bond donors (Lipinski definition) is 1. The van der Waals surface area contributed by atoms with Crippen LogP contribution in [-0.4, -0.2) is 58.3 Å². The van der Waals surface area contributed by atoms with Crippen LogP contribution in [0.2, 0.25) is 0 Å². The first-order valence-electron chi connectivity index (χ1n) is 11.1. The van der Waals surface area contributed by atoms with Gasteiger partial charge in [-0.15, -0.1) is 0 Å². The summed E-state index contributed by atoms with van der Waals surface area (Å²) in [6.45, 7) is 4.03. The lowest BCUT2D eigenvalue weighted by molar-refractivity contribution is -0.144. The fraction of sp³-hybridized carbons (Fsp3) is 0.636. The number of esters is 1. The maximum Gasteiger partial charge on any atom is 0.324 e. The maximum absolute atomic E-state index is 13.4. The molecule has 3 atom stereocenters. The smallest absolute Gasteiger partial charge is 0.324 e. The molecule has 33 heavy (non-hydrogen) atoms. The number of para-hydroxylation sites is 1.